The van der Waals surface area contributed by atoms with E-state index in [4.69, 9.17) is 0 Å². The van der Waals surface area contributed by atoms with Crippen LogP contribution >= 0.6 is 22.6 Å². The van der Waals surface area contributed by atoms with Crippen LogP contribution in [-0.4, -0.2) is 19.5 Å². The first-order valence-corrected chi connectivity index (χ1v) is 8.03. The minimum absolute atomic E-state index is 0.0488. The lowest BCUT2D eigenvalue weighted by Crippen LogP contribution is -3.08. The van der Waals surface area contributed by atoms with Gasteiger partial charge in [0.25, 0.3) is 5.91 Å². The summed E-state index contributed by atoms with van der Waals surface area (Å²) < 4.78 is 1.18. The van der Waals surface area contributed by atoms with E-state index in [0.29, 0.717) is 6.54 Å². The third kappa shape index (κ3) is 5.13. The molecule has 2 N–H and O–H groups in total. The van der Waals surface area contributed by atoms with E-state index in [-0.39, 0.29) is 5.91 Å². The first kappa shape index (κ1) is 16.0. The number of amides is 1. The van der Waals surface area contributed by atoms with Crippen molar-refractivity contribution in [1.82, 2.24) is 0 Å². The highest BCUT2D eigenvalue weighted by atomic mass is 127. The Labute approximate surface area is 139 Å². The maximum absolute atomic E-state index is 12.1. The lowest BCUT2D eigenvalue weighted by molar-refractivity contribution is -0.885. The number of quaternary nitrogens is 1. The molecule has 4 heteroatoms. The summed E-state index contributed by atoms with van der Waals surface area (Å²) in [6.07, 6.45) is 0. The number of anilines is 1. The molecule has 1 atom stereocenters. The van der Waals surface area contributed by atoms with Crippen LogP contribution in [0.15, 0.2) is 48.5 Å². The Bertz CT molecular complexity index is 613. The van der Waals surface area contributed by atoms with E-state index in [1.165, 1.54) is 14.0 Å². The van der Waals surface area contributed by atoms with Crippen LogP contribution in [0.2, 0.25) is 0 Å². The Kier molecular flexibility index (Phi) is 5.76. The molecule has 21 heavy (non-hydrogen) atoms. The van der Waals surface area contributed by atoms with E-state index in [0.717, 1.165) is 17.8 Å². The number of carbonyl (C=O) groups is 1. The van der Waals surface area contributed by atoms with Gasteiger partial charge in [0.2, 0.25) is 0 Å². The van der Waals surface area contributed by atoms with Crippen molar-refractivity contribution in [2.24, 2.45) is 0 Å². The van der Waals surface area contributed by atoms with Crippen molar-refractivity contribution in [2.45, 2.75) is 13.5 Å². The van der Waals surface area contributed by atoms with Gasteiger partial charge in [-0.25, -0.2) is 0 Å². The Morgan fingerprint density at radius 1 is 1.19 bits per heavy atom. The molecule has 0 aromatic heterocycles. The maximum atomic E-state index is 12.1. The Hall–Kier alpha value is -1.40. The SMILES string of the molecule is Cc1cc(I)ccc1NC(=O)C[NH+](C)Cc1ccccc1. The summed E-state index contributed by atoms with van der Waals surface area (Å²) >= 11 is 2.27. The smallest absolute Gasteiger partial charge is 0.279 e. The number of halogens is 1. The van der Waals surface area contributed by atoms with E-state index < -0.39 is 0 Å². The fourth-order valence-electron chi connectivity index (χ4n) is 2.24. The van der Waals surface area contributed by atoms with E-state index >= 15 is 0 Å². The van der Waals surface area contributed by atoms with Crippen molar-refractivity contribution in [3.05, 3.63) is 63.2 Å². The molecule has 0 aliphatic heterocycles. The zero-order chi connectivity index (χ0) is 15.2. The molecule has 2 aromatic carbocycles. The number of likely N-dealkylation sites (N-methyl/N-ethyl adjacent to an activating group) is 1. The Morgan fingerprint density at radius 3 is 2.57 bits per heavy atom. The highest BCUT2D eigenvalue weighted by Crippen LogP contribution is 2.17. The summed E-state index contributed by atoms with van der Waals surface area (Å²) in [5.74, 6) is 0.0488. The quantitative estimate of drug-likeness (QED) is 0.749. The molecule has 3 nitrogen and oxygen atoms in total. The molecule has 2 rings (SSSR count). The van der Waals surface area contributed by atoms with Gasteiger partial charge in [0, 0.05) is 14.8 Å². The minimum Gasteiger partial charge on any atom is -0.326 e. The maximum Gasteiger partial charge on any atom is 0.279 e. The van der Waals surface area contributed by atoms with Crippen molar-refractivity contribution in [2.75, 3.05) is 18.9 Å². The van der Waals surface area contributed by atoms with Gasteiger partial charge in [0.15, 0.2) is 6.54 Å². The van der Waals surface area contributed by atoms with Crippen molar-refractivity contribution in [1.29, 1.82) is 0 Å². The van der Waals surface area contributed by atoms with Gasteiger partial charge in [0.05, 0.1) is 7.05 Å². The minimum atomic E-state index is 0.0488. The normalized spacial score (nSPS) is 12.0. The topological polar surface area (TPSA) is 33.5 Å². The van der Waals surface area contributed by atoms with Gasteiger partial charge in [-0.1, -0.05) is 30.3 Å². The standard InChI is InChI=1S/C17H19IN2O/c1-13-10-15(18)8-9-16(13)19-17(21)12-20(2)11-14-6-4-3-5-7-14/h3-10H,11-12H2,1-2H3,(H,19,21)/p+1. The summed E-state index contributed by atoms with van der Waals surface area (Å²) in [6, 6.07) is 16.3. The molecule has 2 aromatic rings. The number of rotatable bonds is 5. The van der Waals surface area contributed by atoms with Crippen LogP contribution in [0.25, 0.3) is 0 Å². The number of nitrogens with one attached hydrogen (secondary N) is 2. The van der Waals surface area contributed by atoms with Crippen molar-refractivity contribution in [3.8, 4) is 0 Å². The number of aryl methyl sites for hydroxylation is 1. The summed E-state index contributed by atoms with van der Waals surface area (Å²) in [7, 11) is 2.04. The number of benzene rings is 2. The van der Waals surface area contributed by atoms with Crippen LogP contribution in [0.5, 0.6) is 0 Å². The molecule has 0 saturated carbocycles. The molecule has 110 valence electrons. The summed E-state index contributed by atoms with van der Waals surface area (Å²) in [5.41, 5.74) is 3.23. The highest BCUT2D eigenvalue weighted by molar-refractivity contribution is 14.1. The average Bonchev–Trinajstić information content (AvgIpc) is 2.43. The predicted molar refractivity (Wildman–Crippen MR) is 94.4 cm³/mol. The molecule has 0 aliphatic carbocycles. The van der Waals surface area contributed by atoms with Crippen LogP contribution in [-0.2, 0) is 11.3 Å². The third-order valence-electron chi connectivity index (χ3n) is 3.27. The third-order valence-corrected chi connectivity index (χ3v) is 3.94. The molecule has 0 fully saturated rings. The van der Waals surface area contributed by atoms with E-state index in [1.807, 2.05) is 44.3 Å². The zero-order valence-corrected chi connectivity index (χ0v) is 14.5. The number of hydrogen-bond donors (Lipinski definition) is 2. The van der Waals surface area contributed by atoms with Gasteiger partial charge in [-0.3, -0.25) is 4.79 Å². The second-order valence-corrected chi connectivity index (χ2v) is 6.55. The Morgan fingerprint density at radius 2 is 1.90 bits per heavy atom. The van der Waals surface area contributed by atoms with Gasteiger partial charge < -0.3 is 10.2 Å². The molecule has 0 bridgehead atoms. The van der Waals surface area contributed by atoms with Crippen LogP contribution in [0.3, 0.4) is 0 Å². The summed E-state index contributed by atoms with van der Waals surface area (Å²) in [6.45, 7) is 3.32. The van der Waals surface area contributed by atoms with E-state index in [1.54, 1.807) is 0 Å². The molecule has 1 unspecified atom stereocenters. The molecular formula is C17H20IN2O+. The van der Waals surface area contributed by atoms with Gasteiger partial charge in [0.1, 0.15) is 6.54 Å². The monoisotopic (exact) mass is 395 g/mol. The number of hydrogen-bond acceptors (Lipinski definition) is 1. The molecule has 0 aliphatic rings. The molecular weight excluding hydrogens is 375 g/mol. The largest absolute Gasteiger partial charge is 0.326 e. The molecule has 0 spiro atoms. The first-order valence-electron chi connectivity index (χ1n) is 6.96. The fraction of sp³-hybridized carbons (Fsp3) is 0.235. The van der Waals surface area contributed by atoms with Gasteiger partial charge >= 0.3 is 0 Å². The highest BCUT2D eigenvalue weighted by Gasteiger charge is 2.11. The summed E-state index contributed by atoms with van der Waals surface area (Å²) in [4.78, 5) is 13.3. The first-order chi connectivity index (χ1) is 10.0. The predicted octanol–water partition coefficient (Wildman–Crippen LogP) is 2.25. The molecule has 1 amide bonds. The lowest BCUT2D eigenvalue weighted by atomic mass is 10.2. The average molecular weight is 395 g/mol. The molecule has 0 heterocycles. The van der Waals surface area contributed by atoms with Crippen LogP contribution < -0.4 is 10.2 Å². The second kappa shape index (κ2) is 7.56. The Balaban J connectivity index is 1.89. The number of carbonyl (C=O) groups excluding carboxylic acids is 1. The van der Waals surface area contributed by atoms with Crippen LogP contribution in [0.1, 0.15) is 11.1 Å². The van der Waals surface area contributed by atoms with Gasteiger partial charge in [-0.2, -0.15) is 0 Å². The van der Waals surface area contributed by atoms with Crippen LogP contribution in [0, 0.1) is 10.5 Å². The molecule has 0 radical (unpaired) electrons. The van der Waals surface area contributed by atoms with Crippen LogP contribution in [0.4, 0.5) is 5.69 Å². The van der Waals surface area contributed by atoms with Gasteiger partial charge in [-0.05, 0) is 53.3 Å². The second-order valence-electron chi connectivity index (χ2n) is 5.30. The van der Waals surface area contributed by atoms with Crippen molar-refractivity contribution >= 4 is 34.2 Å². The van der Waals surface area contributed by atoms with E-state index in [2.05, 4.69) is 46.1 Å². The zero-order valence-electron chi connectivity index (χ0n) is 12.3. The lowest BCUT2D eigenvalue weighted by Gasteiger charge is -2.14. The van der Waals surface area contributed by atoms with Crippen molar-refractivity contribution < 1.29 is 9.69 Å². The summed E-state index contributed by atoms with van der Waals surface area (Å²) in [5, 5.41) is 2.99. The van der Waals surface area contributed by atoms with Gasteiger partial charge in [-0.15, -0.1) is 0 Å². The molecule has 0 saturated heterocycles. The fourth-order valence-corrected chi connectivity index (χ4v) is 2.89. The van der Waals surface area contributed by atoms with Crippen molar-refractivity contribution in [3.63, 3.8) is 0 Å². The van der Waals surface area contributed by atoms with E-state index in [9.17, 15) is 4.79 Å².